The number of amides is 2. The summed E-state index contributed by atoms with van der Waals surface area (Å²) in [7, 11) is 0. The Hall–Kier alpha value is -2.90. The van der Waals surface area contributed by atoms with Crippen LogP contribution in [0.15, 0.2) is 54.6 Å². The summed E-state index contributed by atoms with van der Waals surface area (Å²) >= 11 is 0. The molecule has 2 aromatic carbocycles. The van der Waals surface area contributed by atoms with Gasteiger partial charge in [0, 0.05) is 19.6 Å². The van der Waals surface area contributed by atoms with Crippen molar-refractivity contribution < 1.29 is 19.4 Å². The number of hydrogen-bond acceptors (Lipinski definition) is 5. The lowest BCUT2D eigenvalue weighted by Crippen LogP contribution is -2.57. The normalized spacial score (nSPS) is 17.3. The van der Waals surface area contributed by atoms with Crippen molar-refractivity contribution in [2.75, 3.05) is 19.7 Å². The van der Waals surface area contributed by atoms with Gasteiger partial charge in [-0.2, -0.15) is 0 Å². The highest BCUT2D eigenvalue weighted by Crippen LogP contribution is 2.23. The van der Waals surface area contributed by atoms with E-state index in [-0.39, 0.29) is 24.8 Å². The Morgan fingerprint density at radius 1 is 1.20 bits per heavy atom. The van der Waals surface area contributed by atoms with E-state index in [0.717, 1.165) is 17.1 Å². The lowest BCUT2D eigenvalue weighted by molar-refractivity contribution is -0.135. The zero-order valence-corrected chi connectivity index (χ0v) is 17.4. The first-order valence-electron chi connectivity index (χ1n) is 10.1. The molecule has 1 unspecified atom stereocenters. The Labute approximate surface area is 177 Å². The van der Waals surface area contributed by atoms with Gasteiger partial charge in [-0.3, -0.25) is 14.5 Å². The molecule has 0 bridgehead atoms. The van der Waals surface area contributed by atoms with Gasteiger partial charge in [0.15, 0.2) is 0 Å². The second kappa shape index (κ2) is 9.73. The summed E-state index contributed by atoms with van der Waals surface area (Å²) in [5, 5.41) is 15.0. The first kappa shape index (κ1) is 21.8. The molecule has 1 atom stereocenters. The number of para-hydroxylation sites is 1. The smallest absolute Gasteiger partial charge is 0.237 e. The molecular weight excluding hydrogens is 382 g/mol. The van der Waals surface area contributed by atoms with Gasteiger partial charge in [0.2, 0.25) is 11.8 Å². The molecule has 1 aliphatic rings. The van der Waals surface area contributed by atoms with E-state index in [1.807, 2.05) is 59.5 Å². The number of nitrogens with zero attached hydrogens (tertiary/aromatic N) is 1. The molecule has 0 aromatic heterocycles. The fraction of sp³-hybridized carbons (Fsp3) is 0.391. The highest BCUT2D eigenvalue weighted by Gasteiger charge is 2.32. The van der Waals surface area contributed by atoms with Crippen molar-refractivity contribution in [3.8, 4) is 11.5 Å². The van der Waals surface area contributed by atoms with E-state index in [2.05, 4.69) is 10.6 Å². The van der Waals surface area contributed by atoms with Crippen molar-refractivity contribution in [3.63, 3.8) is 0 Å². The van der Waals surface area contributed by atoms with Gasteiger partial charge in [-0.15, -0.1) is 0 Å². The summed E-state index contributed by atoms with van der Waals surface area (Å²) in [6, 6.07) is 16.7. The van der Waals surface area contributed by atoms with Crippen LogP contribution in [0.5, 0.6) is 11.5 Å². The highest BCUT2D eigenvalue weighted by atomic mass is 16.5. The molecule has 2 amide bonds. The van der Waals surface area contributed by atoms with Gasteiger partial charge in [-0.25, -0.2) is 0 Å². The van der Waals surface area contributed by atoms with Crippen LogP contribution < -0.4 is 15.4 Å². The third-order valence-electron chi connectivity index (χ3n) is 4.96. The fourth-order valence-corrected chi connectivity index (χ4v) is 3.38. The van der Waals surface area contributed by atoms with Gasteiger partial charge in [0.25, 0.3) is 0 Å². The minimum absolute atomic E-state index is 0.0372. The Balaban J connectivity index is 1.68. The van der Waals surface area contributed by atoms with E-state index >= 15 is 0 Å². The van der Waals surface area contributed by atoms with E-state index in [0.29, 0.717) is 19.6 Å². The van der Waals surface area contributed by atoms with Crippen LogP contribution in [0, 0.1) is 0 Å². The zero-order chi connectivity index (χ0) is 21.6. The van der Waals surface area contributed by atoms with Crippen LogP contribution in [0.2, 0.25) is 0 Å². The Kier molecular flexibility index (Phi) is 7.07. The molecule has 1 fully saturated rings. The molecule has 160 valence electrons. The molecule has 1 heterocycles. The summed E-state index contributed by atoms with van der Waals surface area (Å²) in [4.78, 5) is 26.9. The number of rotatable bonds is 8. The summed E-state index contributed by atoms with van der Waals surface area (Å²) in [6.07, 6.45) is 0.0372. The average Bonchev–Trinajstić information content (AvgIpc) is 2.71. The van der Waals surface area contributed by atoms with Crippen molar-refractivity contribution >= 4 is 11.8 Å². The van der Waals surface area contributed by atoms with Crippen LogP contribution in [0.25, 0.3) is 0 Å². The number of aliphatic hydroxyl groups is 1. The SMILES string of the molecule is CC(C)(CO)NC(=O)CC1C(=O)NCCN1Cc1cccc(Oc2ccccc2)c1. The minimum Gasteiger partial charge on any atom is -0.457 e. The van der Waals surface area contributed by atoms with E-state index < -0.39 is 11.6 Å². The Morgan fingerprint density at radius 3 is 2.67 bits per heavy atom. The molecule has 1 saturated heterocycles. The number of aliphatic hydroxyl groups excluding tert-OH is 1. The Bertz CT molecular complexity index is 870. The maximum absolute atomic E-state index is 12.5. The standard InChI is InChI=1S/C23H29N3O4/c1-23(2,16-27)25-21(28)14-20-22(29)24-11-12-26(20)15-17-7-6-10-19(13-17)30-18-8-4-3-5-9-18/h3-10,13,20,27H,11-12,14-16H2,1-2H3,(H,24,29)(H,25,28). The maximum Gasteiger partial charge on any atom is 0.237 e. The zero-order valence-electron chi connectivity index (χ0n) is 17.4. The summed E-state index contributed by atoms with van der Waals surface area (Å²) in [5.41, 5.74) is 0.273. The van der Waals surface area contributed by atoms with E-state index in [1.54, 1.807) is 13.8 Å². The number of nitrogens with one attached hydrogen (secondary N) is 2. The van der Waals surface area contributed by atoms with Crippen molar-refractivity contribution in [2.45, 2.75) is 38.4 Å². The molecule has 2 aromatic rings. The van der Waals surface area contributed by atoms with Crippen LogP contribution >= 0.6 is 0 Å². The van der Waals surface area contributed by atoms with E-state index in [9.17, 15) is 14.7 Å². The van der Waals surface area contributed by atoms with Crippen molar-refractivity contribution in [1.29, 1.82) is 0 Å². The molecule has 0 aliphatic carbocycles. The third kappa shape index (κ3) is 6.05. The van der Waals surface area contributed by atoms with Crippen molar-refractivity contribution in [1.82, 2.24) is 15.5 Å². The second-order valence-corrected chi connectivity index (χ2v) is 8.13. The minimum atomic E-state index is -0.726. The molecule has 7 nitrogen and oxygen atoms in total. The summed E-state index contributed by atoms with van der Waals surface area (Å²) < 4.78 is 5.90. The molecule has 1 aliphatic heterocycles. The van der Waals surface area contributed by atoms with Gasteiger partial charge in [0.05, 0.1) is 24.6 Å². The van der Waals surface area contributed by atoms with Gasteiger partial charge in [-0.1, -0.05) is 30.3 Å². The van der Waals surface area contributed by atoms with E-state index in [4.69, 9.17) is 4.74 Å². The molecule has 7 heteroatoms. The molecule has 3 rings (SSSR count). The topological polar surface area (TPSA) is 90.9 Å². The molecular formula is C23H29N3O4. The maximum atomic E-state index is 12.5. The second-order valence-electron chi connectivity index (χ2n) is 8.13. The monoisotopic (exact) mass is 411 g/mol. The van der Waals surface area contributed by atoms with Crippen LogP contribution in [-0.4, -0.2) is 53.1 Å². The molecule has 3 N–H and O–H groups in total. The van der Waals surface area contributed by atoms with Crippen LogP contribution in [-0.2, 0) is 16.1 Å². The summed E-state index contributed by atoms with van der Waals surface area (Å²) in [6.45, 7) is 5.02. The molecule has 30 heavy (non-hydrogen) atoms. The third-order valence-corrected chi connectivity index (χ3v) is 4.96. The van der Waals surface area contributed by atoms with Gasteiger partial charge in [0.1, 0.15) is 11.5 Å². The largest absolute Gasteiger partial charge is 0.457 e. The fourth-order valence-electron chi connectivity index (χ4n) is 3.38. The van der Waals surface area contributed by atoms with Crippen molar-refractivity contribution in [3.05, 3.63) is 60.2 Å². The number of ether oxygens (including phenoxy) is 1. The van der Waals surface area contributed by atoms with Gasteiger partial charge < -0.3 is 20.5 Å². The van der Waals surface area contributed by atoms with Crippen molar-refractivity contribution in [2.24, 2.45) is 0 Å². The number of carbonyl (C=O) groups is 2. The van der Waals surface area contributed by atoms with Crippen LogP contribution in [0.3, 0.4) is 0 Å². The Morgan fingerprint density at radius 2 is 1.93 bits per heavy atom. The van der Waals surface area contributed by atoms with Crippen LogP contribution in [0.1, 0.15) is 25.8 Å². The molecule has 0 radical (unpaired) electrons. The molecule has 0 spiro atoms. The summed E-state index contributed by atoms with van der Waals surface area (Å²) in [5.74, 6) is 1.06. The van der Waals surface area contributed by atoms with Gasteiger partial charge >= 0.3 is 0 Å². The first-order valence-corrected chi connectivity index (χ1v) is 10.1. The van der Waals surface area contributed by atoms with E-state index in [1.165, 1.54) is 0 Å². The highest BCUT2D eigenvalue weighted by molar-refractivity contribution is 5.89. The first-order chi connectivity index (χ1) is 14.4. The average molecular weight is 412 g/mol. The number of hydrogen-bond donors (Lipinski definition) is 3. The van der Waals surface area contributed by atoms with Crippen LogP contribution in [0.4, 0.5) is 0 Å². The van der Waals surface area contributed by atoms with Gasteiger partial charge in [-0.05, 0) is 43.7 Å². The lowest BCUT2D eigenvalue weighted by atomic mass is 10.0. The molecule has 0 saturated carbocycles. The number of piperazine rings is 1. The predicted molar refractivity (Wildman–Crippen MR) is 114 cm³/mol. The predicted octanol–water partition coefficient (Wildman–Crippen LogP) is 2.06. The number of benzene rings is 2. The number of carbonyl (C=O) groups excluding carboxylic acids is 2. The lowest BCUT2D eigenvalue weighted by Gasteiger charge is -2.35. The quantitative estimate of drug-likeness (QED) is 0.619.